The lowest BCUT2D eigenvalue weighted by Gasteiger charge is -2.27. The zero-order valence-corrected chi connectivity index (χ0v) is 14.4. The summed E-state index contributed by atoms with van der Waals surface area (Å²) in [5.41, 5.74) is -1.10. The van der Waals surface area contributed by atoms with Crippen molar-refractivity contribution in [2.45, 2.75) is 44.7 Å². The van der Waals surface area contributed by atoms with Gasteiger partial charge in [0.2, 0.25) is 0 Å². The van der Waals surface area contributed by atoms with Crippen molar-refractivity contribution in [3.63, 3.8) is 0 Å². The van der Waals surface area contributed by atoms with Crippen molar-refractivity contribution in [2.24, 2.45) is 0 Å². The number of rotatable bonds is 4. The van der Waals surface area contributed by atoms with E-state index in [4.69, 9.17) is 4.74 Å². The largest absolute Gasteiger partial charge is 0.467 e. The van der Waals surface area contributed by atoms with Gasteiger partial charge < -0.3 is 10.1 Å². The number of nitrogens with zero attached hydrogens (tertiary/aromatic N) is 2. The highest BCUT2D eigenvalue weighted by molar-refractivity contribution is 6.06. The molecule has 132 valence electrons. The zero-order valence-electron chi connectivity index (χ0n) is 14.4. The van der Waals surface area contributed by atoms with Gasteiger partial charge in [0, 0.05) is 11.9 Å². The molecule has 1 heterocycles. The van der Waals surface area contributed by atoms with Gasteiger partial charge >= 0.3 is 5.97 Å². The standard InChI is InChI=1S/C18H21N3O4/c1-3-21-16(23)13-9-5-4-8-12(13)14(20-21)15(22)19-18(17(24)25-2)10-6-7-11-18/h4-5,8-9H,3,6-7,10-11H2,1-2H3,(H,19,22). The number of aryl methyl sites for hydroxylation is 1. The summed E-state index contributed by atoms with van der Waals surface area (Å²) >= 11 is 0. The maximum atomic E-state index is 12.9. The van der Waals surface area contributed by atoms with Crippen molar-refractivity contribution in [2.75, 3.05) is 7.11 Å². The molecule has 0 atom stereocenters. The number of esters is 1. The third-order valence-electron chi connectivity index (χ3n) is 4.77. The minimum atomic E-state index is -1.01. The summed E-state index contributed by atoms with van der Waals surface area (Å²) in [6, 6.07) is 6.87. The van der Waals surface area contributed by atoms with Gasteiger partial charge in [-0.15, -0.1) is 0 Å². The van der Waals surface area contributed by atoms with Crippen molar-refractivity contribution in [1.29, 1.82) is 0 Å². The van der Waals surface area contributed by atoms with Crippen molar-refractivity contribution >= 4 is 22.6 Å². The molecule has 1 aliphatic carbocycles. The van der Waals surface area contributed by atoms with Crippen LogP contribution in [0.2, 0.25) is 0 Å². The second-order valence-electron chi connectivity index (χ2n) is 6.25. The Morgan fingerprint density at radius 3 is 2.48 bits per heavy atom. The molecular weight excluding hydrogens is 322 g/mol. The number of fused-ring (bicyclic) bond motifs is 1. The van der Waals surface area contributed by atoms with Crippen molar-refractivity contribution in [3.8, 4) is 0 Å². The molecule has 1 saturated carbocycles. The summed E-state index contributed by atoms with van der Waals surface area (Å²) in [7, 11) is 1.32. The first-order valence-corrected chi connectivity index (χ1v) is 8.43. The maximum Gasteiger partial charge on any atom is 0.331 e. The van der Waals surface area contributed by atoms with Crippen LogP contribution >= 0.6 is 0 Å². The first-order chi connectivity index (χ1) is 12.0. The van der Waals surface area contributed by atoms with E-state index in [9.17, 15) is 14.4 Å². The summed E-state index contributed by atoms with van der Waals surface area (Å²) in [6.07, 6.45) is 2.77. The van der Waals surface area contributed by atoms with E-state index in [1.165, 1.54) is 11.8 Å². The minimum Gasteiger partial charge on any atom is -0.467 e. The topological polar surface area (TPSA) is 90.3 Å². The average molecular weight is 343 g/mol. The molecule has 1 fully saturated rings. The van der Waals surface area contributed by atoms with E-state index in [-0.39, 0.29) is 11.3 Å². The Hall–Kier alpha value is -2.70. The summed E-state index contributed by atoms with van der Waals surface area (Å²) in [5.74, 6) is -0.905. The monoisotopic (exact) mass is 343 g/mol. The van der Waals surface area contributed by atoms with Crippen LogP contribution in [0, 0.1) is 0 Å². The Morgan fingerprint density at radius 1 is 1.24 bits per heavy atom. The van der Waals surface area contributed by atoms with E-state index >= 15 is 0 Å². The molecule has 0 bridgehead atoms. The summed E-state index contributed by atoms with van der Waals surface area (Å²) < 4.78 is 6.16. The molecule has 0 unspecified atom stereocenters. The second-order valence-corrected chi connectivity index (χ2v) is 6.25. The van der Waals surface area contributed by atoms with Crippen molar-refractivity contribution < 1.29 is 14.3 Å². The minimum absolute atomic E-state index is 0.146. The SMILES string of the molecule is CCn1nc(C(=O)NC2(C(=O)OC)CCCC2)c2ccccc2c1=O. The number of benzene rings is 1. The highest BCUT2D eigenvalue weighted by atomic mass is 16.5. The lowest BCUT2D eigenvalue weighted by Crippen LogP contribution is -2.53. The smallest absolute Gasteiger partial charge is 0.331 e. The molecule has 1 aromatic heterocycles. The zero-order chi connectivity index (χ0) is 18.0. The molecule has 3 rings (SSSR count). The third-order valence-corrected chi connectivity index (χ3v) is 4.77. The first-order valence-electron chi connectivity index (χ1n) is 8.43. The van der Waals surface area contributed by atoms with Gasteiger partial charge in [-0.3, -0.25) is 9.59 Å². The fraction of sp³-hybridized carbons (Fsp3) is 0.444. The summed E-state index contributed by atoms with van der Waals surface area (Å²) in [4.78, 5) is 37.5. The molecule has 7 nitrogen and oxygen atoms in total. The summed E-state index contributed by atoms with van der Waals surface area (Å²) in [6.45, 7) is 2.14. The second kappa shape index (κ2) is 6.66. The number of hydrogen-bond acceptors (Lipinski definition) is 5. The van der Waals surface area contributed by atoms with Crippen LogP contribution in [0.15, 0.2) is 29.1 Å². The number of methoxy groups -OCH3 is 1. The highest BCUT2D eigenvalue weighted by Gasteiger charge is 2.44. The highest BCUT2D eigenvalue weighted by Crippen LogP contribution is 2.31. The third kappa shape index (κ3) is 2.90. The fourth-order valence-corrected chi connectivity index (χ4v) is 3.45. The predicted octanol–water partition coefficient (Wildman–Crippen LogP) is 1.63. The number of ether oxygens (including phenoxy) is 1. The number of hydrogen-bond donors (Lipinski definition) is 1. The van der Waals surface area contributed by atoms with Gasteiger partial charge in [-0.2, -0.15) is 5.10 Å². The normalized spacial score (nSPS) is 15.9. The van der Waals surface area contributed by atoms with Crippen molar-refractivity contribution in [3.05, 3.63) is 40.3 Å². The van der Waals surface area contributed by atoms with Gasteiger partial charge in [0.25, 0.3) is 11.5 Å². The van der Waals surface area contributed by atoms with Crippen molar-refractivity contribution in [1.82, 2.24) is 15.1 Å². The van der Waals surface area contributed by atoms with E-state index in [0.717, 1.165) is 12.8 Å². The number of amides is 1. The van der Waals surface area contributed by atoms with Crippen LogP contribution in [0.3, 0.4) is 0 Å². The number of carbonyl (C=O) groups is 2. The van der Waals surface area contributed by atoms with Gasteiger partial charge in [0.1, 0.15) is 5.54 Å². The predicted molar refractivity (Wildman–Crippen MR) is 92.4 cm³/mol. The molecule has 7 heteroatoms. The Balaban J connectivity index is 2.07. The molecule has 1 aliphatic rings. The lowest BCUT2D eigenvalue weighted by molar-refractivity contribution is -0.148. The van der Waals surface area contributed by atoms with Crippen LogP contribution in [0.25, 0.3) is 10.8 Å². The molecule has 0 aliphatic heterocycles. The Kier molecular flexibility index (Phi) is 4.57. The molecule has 0 saturated heterocycles. The van der Waals surface area contributed by atoms with Gasteiger partial charge in [-0.05, 0) is 25.8 Å². The number of carbonyl (C=O) groups excluding carboxylic acids is 2. The van der Waals surface area contributed by atoms with E-state index < -0.39 is 17.4 Å². The van der Waals surface area contributed by atoms with E-state index in [1.54, 1.807) is 31.2 Å². The average Bonchev–Trinajstić information content (AvgIpc) is 3.11. The van der Waals surface area contributed by atoms with Gasteiger partial charge in [-0.1, -0.05) is 31.0 Å². The lowest BCUT2D eigenvalue weighted by atomic mass is 9.97. The Bertz CT molecular complexity index is 882. The molecule has 1 amide bonds. The Morgan fingerprint density at radius 2 is 1.88 bits per heavy atom. The van der Waals surface area contributed by atoms with Gasteiger partial charge in [-0.25, -0.2) is 9.48 Å². The maximum absolute atomic E-state index is 12.9. The van der Waals surface area contributed by atoms with Gasteiger partial charge in [0.15, 0.2) is 5.69 Å². The Labute approximate surface area is 145 Å². The summed E-state index contributed by atoms with van der Waals surface area (Å²) in [5, 5.41) is 7.96. The van der Waals surface area contributed by atoms with Crippen LogP contribution in [0.4, 0.5) is 0 Å². The molecule has 0 radical (unpaired) electrons. The van der Waals surface area contributed by atoms with Crippen LogP contribution in [0.5, 0.6) is 0 Å². The number of nitrogens with one attached hydrogen (secondary N) is 1. The van der Waals surface area contributed by atoms with Crippen LogP contribution in [0.1, 0.15) is 43.1 Å². The first kappa shape index (κ1) is 17.1. The number of aromatic nitrogens is 2. The molecule has 1 aromatic carbocycles. The van der Waals surface area contributed by atoms with E-state index in [1.807, 2.05) is 0 Å². The molecule has 1 N–H and O–H groups in total. The van der Waals surface area contributed by atoms with Crippen LogP contribution < -0.4 is 10.9 Å². The molecule has 25 heavy (non-hydrogen) atoms. The molecule has 0 spiro atoms. The van der Waals surface area contributed by atoms with Crippen LogP contribution in [-0.4, -0.2) is 34.3 Å². The molecular formula is C18H21N3O4. The van der Waals surface area contributed by atoms with E-state index in [2.05, 4.69) is 10.4 Å². The van der Waals surface area contributed by atoms with Gasteiger partial charge in [0.05, 0.1) is 12.5 Å². The fourth-order valence-electron chi connectivity index (χ4n) is 3.45. The van der Waals surface area contributed by atoms with Crippen LogP contribution in [-0.2, 0) is 16.1 Å². The molecule has 2 aromatic rings. The quantitative estimate of drug-likeness (QED) is 0.852. The van der Waals surface area contributed by atoms with E-state index in [0.29, 0.717) is 30.2 Å².